The van der Waals surface area contributed by atoms with Crippen LogP contribution in [0.1, 0.15) is 6.92 Å². The van der Waals surface area contributed by atoms with E-state index >= 15 is 0 Å². The van der Waals surface area contributed by atoms with E-state index in [4.69, 9.17) is 0 Å². The summed E-state index contributed by atoms with van der Waals surface area (Å²) in [6, 6.07) is 0. The van der Waals surface area contributed by atoms with E-state index in [0.29, 0.717) is 6.61 Å². The molecule has 0 aromatic heterocycles. The predicted octanol–water partition coefficient (Wildman–Crippen LogP) is 0.0256. The van der Waals surface area contributed by atoms with Crippen LogP contribution in [0.3, 0.4) is 0 Å². The number of nitrogens with two attached hydrogens (primary N) is 1. The Bertz CT molecular complexity index is 130. The summed E-state index contributed by atoms with van der Waals surface area (Å²) < 4.78 is 4.18. The number of rotatable bonds is 1. The first-order valence-electron chi connectivity index (χ1n) is 2.92. The molecule has 0 radical (unpaired) electrons. The predicted molar refractivity (Wildman–Crippen MR) is 35.7 cm³/mol. The maximum absolute atomic E-state index is 9.60. The molecule has 0 aromatic carbocycles. The molecule has 0 aromatic rings. The molecule has 0 aliphatic carbocycles. The van der Waals surface area contributed by atoms with Gasteiger partial charge in [0.2, 0.25) is 0 Å². The minimum Gasteiger partial charge on any atom is -0.450 e. The molecule has 1 heterocycles. The lowest BCUT2D eigenvalue weighted by Gasteiger charge is -1.89. The molecule has 1 aliphatic heterocycles. The molecule has 1 amide bonds. The van der Waals surface area contributed by atoms with Gasteiger partial charge >= 0.3 is 6.09 Å². The zero-order chi connectivity index (χ0) is 8.53. The summed E-state index contributed by atoms with van der Waals surface area (Å²) in [4.78, 5) is 17.8. The normalized spacial score (nSPS) is 12.1. The standard InChI is InChI=1S/C3H7NO2.C2H3NO2/c1-2-6-3(4)5;1-2-4-5-3-1/h2H2,1H3,(H2,4,5);1-3H. The van der Waals surface area contributed by atoms with E-state index in [1.54, 1.807) is 13.1 Å². The fourth-order valence-electron chi connectivity index (χ4n) is 0.281. The molecule has 0 bridgehead atoms. The molecule has 0 atom stereocenters. The SMILES string of the molecule is C1=COON1.CCOC(N)=O. The first kappa shape index (κ1) is 9.57. The highest BCUT2D eigenvalue weighted by atomic mass is 17.3. The third-order valence-corrected chi connectivity index (χ3v) is 0.574. The van der Waals surface area contributed by atoms with Crippen molar-refractivity contribution in [2.45, 2.75) is 6.92 Å². The number of carbonyl (C=O) groups excluding carboxylic acids is 1. The topological polar surface area (TPSA) is 82.8 Å². The van der Waals surface area contributed by atoms with Crippen molar-refractivity contribution in [2.24, 2.45) is 5.73 Å². The Balaban J connectivity index is 0.000000183. The number of ether oxygens (including phenoxy) is 1. The summed E-state index contributed by atoms with van der Waals surface area (Å²) >= 11 is 0. The minimum absolute atomic E-state index is 0.356. The number of carbonyl (C=O) groups is 1. The molecular weight excluding hydrogens is 152 g/mol. The van der Waals surface area contributed by atoms with Gasteiger partial charge in [0.1, 0.15) is 6.26 Å². The highest BCUT2D eigenvalue weighted by Gasteiger charge is 1.82. The Labute approximate surface area is 63.8 Å². The average molecular weight is 162 g/mol. The van der Waals surface area contributed by atoms with Crippen molar-refractivity contribution in [2.75, 3.05) is 6.61 Å². The van der Waals surface area contributed by atoms with E-state index in [-0.39, 0.29) is 0 Å². The van der Waals surface area contributed by atoms with E-state index < -0.39 is 6.09 Å². The van der Waals surface area contributed by atoms with E-state index in [0.717, 1.165) is 0 Å². The molecule has 0 spiro atoms. The molecule has 0 fully saturated rings. The first-order valence-corrected chi connectivity index (χ1v) is 2.92. The van der Waals surface area contributed by atoms with Crippen LogP contribution in [0.5, 0.6) is 0 Å². The van der Waals surface area contributed by atoms with Gasteiger partial charge in [-0.25, -0.2) is 10.3 Å². The second-order valence-electron chi connectivity index (χ2n) is 1.35. The summed E-state index contributed by atoms with van der Waals surface area (Å²) in [5.41, 5.74) is 6.86. The van der Waals surface area contributed by atoms with Gasteiger partial charge in [0.15, 0.2) is 0 Å². The van der Waals surface area contributed by atoms with Gasteiger partial charge in [0.05, 0.1) is 12.8 Å². The van der Waals surface area contributed by atoms with Crippen LogP contribution in [0.4, 0.5) is 4.79 Å². The van der Waals surface area contributed by atoms with E-state index in [2.05, 4.69) is 25.8 Å². The number of hydrogen-bond acceptors (Lipinski definition) is 5. The zero-order valence-corrected chi connectivity index (χ0v) is 6.07. The zero-order valence-electron chi connectivity index (χ0n) is 6.07. The fraction of sp³-hybridized carbons (Fsp3) is 0.400. The Morgan fingerprint density at radius 2 is 2.55 bits per heavy atom. The highest BCUT2D eigenvalue weighted by Crippen LogP contribution is 1.80. The first-order chi connectivity index (χ1) is 5.27. The summed E-state index contributed by atoms with van der Waals surface area (Å²) in [7, 11) is 0. The molecule has 3 N–H and O–H groups in total. The van der Waals surface area contributed by atoms with Crippen LogP contribution in [-0.2, 0) is 14.6 Å². The fourth-order valence-corrected chi connectivity index (χ4v) is 0.281. The number of hydrogen-bond donors (Lipinski definition) is 2. The summed E-state index contributed by atoms with van der Waals surface area (Å²) in [6.45, 7) is 2.06. The second kappa shape index (κ2) is 6.69. The maximum atomic E-state index is 9.60. The van der Waals surface area contributed by atoms with Crippen LogP contribution >= 0.6 is 0 Å². The van der Waals surface area contributed by atoms with Crippen LogP contribution < -0.4 is 11.2 Å². The number of primary amides is 1. The smallest absolute Gasteiger partial charge is 0.404 e. The average Bonchev–Trinajstić information content (AvgIpc) is 2.41. The Morgan fingerprint density at radius 3 is 2.64 bits per heavy atom. The molecule has 1 aliphatic rings. The van der Waals surface area contributed by atoms with Crippen LogP contribution in [0, 0.1) is 0 Å². The lowest BCUT2D eigenvalue weighted by molar-refractivity contribution is -0.264. The second-order valence-corrected chi connectivity index (χ2v) is 1.35. The molecule has 0 saturated heterocycles. The van der Waals surface area contributed by atoms with Gasteiger partial charge in [-0.1, -0.05) is 4.99 Å². The monoisotopic (exact) mass is 162 g/mol. The third-order valence-electron chi connectivity index (χ3n) is 0.574. The summed E-state index contributed by atoms with van der Waals surface area (Å²) in [6.07, 6.45) is 2.23. The summed E-state index contributed by atoms with van der Waals surface area (Å²) in [5, 5.41) is 0. The van der Waals surface area contributed by atoms with Crippen LogP contribution in [-0.4, -0.2) is 12.7 Å². The van der Waals surface area contributed by atoms with E-state index in [9.17, 15) is 4.79 Å². The molecule has 6 nitrogen and oxygen atoms in total. The van der Waals surface area contributed by atoms with Crippen molar-refractivity contribution < 1.29 is 19.4 Å². The molecule has 0 unspecified atom stereocenters. The maximum Gasteiger partial charge on any atom is 0.404 e. The molecule has 6 heteroatoms. The molecular formula is C5H10N2O4. The van der Waals surface area contributed by atoms with Crippen LogP contribution in [0.15, 0.2) is 12.5 Å². The van der Waals surface area contributed by atoms with Gasteiger partial charge in [-0.15, -0.1) is 0 Å². The lowest BCUT2D eigenvalue weighted by atomic mass is 10.9. The van der Waals surface area contributed by atoms with Crippen LogP contribution in [0.2, 0.25) is 0 Å². The Kier molecular flexibility index (Phi) is 5.82. The van der Waals surface area contributed by atoms with Gasteiger partial charge in [-0.3, -0.25) is 0 Å². The van der Waals surface area contributed by atoms with Crippen LogP contribution in [0.25, 0.3) is 0 Å². The number of hydroxylamine groups is 1. The Morgan fingerprint density at radius 1 is 1.82 bits per heavy atom. The summed E-state index contributed by atoms with van der Waals surface area (Å²) in [5.74, 6) is 0. The van der Waals surface area contributed by atoms with Crippen molar-refractivity contribution in [3.05, 3.63) is 12.5 Å². The molecule has 0 saturated carbocycles. The van der Waals surface area contributed by atoms with E-state index in [1.807, 2.05) is 0 Å². The number of nitrogens with one attached hydrogen (secondary N) is 1. The van der Waals surface area contributed by atoms with Gasteiger partial charge in [0.25, 0.3) is 0 Å². The Hall–Kier alpha value is -1.43. The van der Waals surface area contributed by atoms with Crippen molar-refractivity contribution in [3.63, 3.8) is 0 Å². The largest absolute Gasteiger partial charge is 0.450 e. The molecule has 11 heavy (non-hydrogen) atoms. The van der Waals surface area contributed by atoms with Crippen molar-refractivity contribution in [3.8, 4) is 0 Å². The minimum atomic E-state index is -0.711. The lowest BCUT2D eigenvalue weighted by Crippen LogP contribution is -2.11. The van der Waals surface area contributed by atoms with Crippen molar-refractivity contribution in [1.29, 1.82) is 0 Å². The molecule has 1 rings (SSSR count). The van der Waals surface area contributed by atoms with Gasteiger partial charge in [-0.2, -0.15) is 0 Å². The van der Waals surface area contributed by atoms with Crippen molar-refractivity contribution in [1.82, 2.24) is 5.48 Å². The quantitative estimate of drug-likeness (QED) is 0.531. The van der Waals surface area contributed by atoms with Gasteiger partial charge in [0, 0.05) is 0 Å². The number of amides is 1. The van der Waals surface area contributed by atoms with Gasteiger partial charge < -0.3 is 15.4 Å². The third kappa shape index (κ3) is 8.57. The molecule has 64 valence electrons. The van der Waals surface area contributed by atoms with E-state index in [1.165, 1.54) is 6.26 Å². The highest BCUT2D eigenvalue weighted by molar-refractivity contribution is 5.64. The van der Waals surface area contributed by atoms with Gasteiger partial charge in [-0.05, 0) is 6.92 Å². The van der Waals surface area contributed by atoms with Crippen molar-refractivity contribution >= 4 is 6.09 Å².